The Morgan fingerprint density at radius 1 is 1.24 bits per heavy atom. The van der Waals surface area contributed by atoms with Crippen LogP contribution in [0.5, 0.6) is 0 Å². The molecule has 150 valence electrons. The molecule has 7 heteroatoms. The number of carbonyl (C=O) groups excluding carboxylic acids is 1. The van der Waals surface area contributed by atoms with Crippen molar-refractivity contribution in [2.75, 3.05) is 36.0 Å². The lowest BCUT2D eigenvalue weighted by molar-refractivity contribution is -0.384. The van der Waals surface area contributed by atoms with Gasteiger partial charge in [0, 0.05) is 49.7 Å². The number of anilines is 2. The number of para-hydroxylation sites is 1. The smallest absolute Gasteiger partial charge is 0.269 e. The zero-order chi connectivity index (χ0) is 20.4. The van der Waals surface area contributed by atoms with E-state index in [1.807, 2.05) is 24.3 Å². The first-order valence-electron chi connectivity index (χ1n) is 9.81. The maximum atomic E-state index is 12.9. The lowest BCUT2D eigenvalue weighted by Crippen LogP contribution is -2.61. The van der Waals surface area contributed by atoms with Crippen molar-refractivity contribution in [2.24, 2.45) is 5.92 Å². The molecule has 2 aliphatic heterocycles. The van der Waals surface area contributed by atoms with Crippen LogP contribution < -0.4 is 15.1 Å². The molecule has 0 bridgehead atoms. The van der Waals surface area contributed by atoms with E-state index in [4.69, 9.17) is 0 Å². The molecule has 1 saturated heterocycles. The average molecular weight is 392 g/mol. The molecule has 2 aliphatic rings. The molecule has 0 saturated carbocycles. The first kappa shape index (κ1) is 19.0. The van der Waals surface area contributed by atoms with E-state index in [1.54, 1.807) is 18.2 Å². The number of carbonyl (C=O) groups is 1. The van der Waals surface area contributed by atoms with Crippen molar-refractivity contribution in [3.63, 3.8) is 0 Å². The SMILES string of the molecule is C=CCNC(=O)[C@H]1Cc2cc([N+](=O)[O-])ccc2N2CCN(c3ccccc3)C[C@@H]12. The van der Waals surface area contributed by atoms with Crippen molar-refractivity contribution < 1.29 is 9.72 Å². The van der Waals surface area contributed by atoms with Crippen LogP contribution in [-0.4, -0.2) is 43.1 Å². The van der Waals surface area contributed by atoms with E-state index < -0.39 is 0 Å². The van der Waals surface area contributed by atoms with Crippen LogP contribution in [-0.2, 0) is 11.2 Å². The van der Waals surface area contributed by atoms with Crippen molar-refractivity contribution >= 4 is 23.0 Å². The molecule has 0 radical (unpaired) electrons. The second-order valence-electron chi connectivity index (χ2n) is 7.46. The second-order valence-corrected chi connectivity index (χ2v) is 7.46. The van der Waals surface area contributed by atoms with Crippen LogP contribution in [0.15, 0.2) is 61.2 Å². The van der Waals surface area contributed by atoms with Gasteiger partial charge in [-0.2, -0.15) is 0 Å². The summed E-state index contributed by atoms with van der Waals surface area (Å²) in [6.07, 6.45) is 2.15. The highest BCUT2D eigenvalue weighted by atomic mass is 16.6. The normalized spacial score (nSPS) is 20.4. The minimum atomic E-state index is -0.382. The molecule has 0 unspecified atom stereocenters. The van der Waals surface area contributed by atoms with Gasteiger partial charge in [0.2, 0.25) is 5.91 Å². The molecule has 0 aromatic heterocycles. The third-order valence-electron chi connectivity index (χ3n) is 5.78. The number of benzene rings is 2. The molecule has 0 spiro atoms. The summed E-state index contributed by atoms with van der Waals surface area (Å²) in [5, 5.41) is 14.1. The molecular formula is C22H24N4O3. The number of hydrogen-bond acceptors (Lipinski definition) is 5. The maximum absolute atomic E-state index is 12.9. The summed E-state index contributed by atoms with van der Waals surface area (Å²) in [6, 6.07) is 15.2. The topological polar surface area (TPSA) is 78.7 Å². The van der Waals surface area contributed by atoms with Crippen LogP contribution in [0.1, 0.15) is 5.56 Å². The van der Waals surface area contributed by atoms with Crippen molar-refractivity contribution in [3.8, 4) is 0 Å². The van der Waals surface area contributed by atoms with E-state index in [1.165, 1.54) is 0 Å². The van der Waals surface area contributed by atoms with Crippen LogP contribution in [0.25, 0.3) is 0 Å². The number of nitro benzene ring substituents is 1. The molecule has 2 atom stereocenters. The Labute approximate surface area is 169 Å². The van der Waals surface area contributed by atoms with E-state index >= 15 is 0 Å². The number of hydrogen-bond donors (Lipinski definition) is 1. The van der Waals surface area contributed by atoms with Gasteiger partial charge in [-0.25, -0.2) is 0 Å². The summed E-state index contributed by atoms with van der Waals surface area (Å²) in [7, 11) is 0. The second kappa shape index (κ2) is 7.95. The van der Waals surface area contributed by atoms with E-state index in [-0.39, 0.29) is 28.5 Å². The summed E-state index contributed by atoms with van der Waals surface area (Å²) in [5.74, 6) is -0.317. The number of non-ortho nitro benzene ring substituents is 1. The van der Waals surface area contributed by atoms with Crippen molar-refractivity contribution in [1.82, 2.24) is 5.32 Å². The van der Waals surface area contributed by atoms with Gasteiger partial charge in [0.15, 0.2) is 0 Å². The number of nitro groups is 1. The Hall–Kier alpha value is -3.35. The van der Waals surface area contributed by atoms with Gasteiger partial charge in [-0.1, -0.05) is 24.3 Å². The van der Waals surface area contributed by atoms with Crippen LogP contribution in [0.4, 0.5) is 17.1 Å². The van der Waals surface area contributed by atoms with Crippen molar-refractivity contribution in [2.45, 2.75) is 12.5 Å². The van der Waals surface area contributed by atoms with E-state index in [2.05, 4.69) is 33.8 Å². The third kappa shape index (κ3) is 3.68. The number of fused-ring (bicyclic) bond motifs is 3. The molecule has 2 aromatic rings. The molecule has 2 aromatic carbocycles. The number of amides is 1. The molecule has 2 heterocycles. The van der Waals surface area contributed by atoms with Crippen LogP contribution in [0.2, 0.25) is 0 Å². The molecule has 1 fully saturated rings. The maximum Gasteiger partial charge on any atom is 0.269 e. The van der Waals surface area contributed by atoms with Gasteiger partial charge < -0.3 is 15.1 Å². The van der Waals surface area contributed by atoms with Crippen LogP contribution >= 0.6 is 0 Å². The monoisotopic (exact) mass is 392 g/mol. The lowest BCUT2D eigenvalue weighted by Gasteiger charge is -2.49. The fourth-order valence-corrected chi connectivity index (χ4v) is 4.40. The predicted molar refractivity (Wildman–Crippen MR) is 113 cm³/mol. The highest BCUT2D eigenvalue weighted by molar-refractivity contribution is 5.82. The minimum Gasteiger partial charge on any atom is -0.368 e. The Morgan fingerprint density at radius 3 is 2.76 bits per heavy atom. The van der Waals surface area contributed by atoms with Crippen molar-refractivity contribution in [1.29, 1.82) is 0 Å². The number of nitrogens with one attached hydrogen (secondary N) is 1. The standard InChI is InChI=1S/C22H24N4O3/c1-2-10-23-22(27)19-14-16-13-18(26(28)29)8-9-20(16)25-12-11-24(15-21(19)25)17-6-4-3-5-7-17/h2-9,13,19,21H,1,10-12,14-15H2,(H,23,27)/t19-,21-/m0/s1. The fourth-order valence-electron chi connectivity index (χ4n) is 4.40. The van der Waals surface area contributed by atoms with Crippen LogP contribution in [0.3, 0.4) is 0 Å². The number of nitrogens with zero attached hydrogens (tertiary/aromatic N) is 3. The van der Waals surface area contributed by atoms with E-state index in [9.17, 15) is 14.9 Å². The summed E-state index contributed by atoms with van der Waals surface area (Å²) < 4.78 is 0. The largest absolute Gasteiger partial charge is 0.368 e. The van der Waals surface area contributed by atoms with Gasteiger partial charge in [-0.05, 0) is 30.2 Å². The summed E-state index contributed by atoms with van der Waals surface area (Å²) in [6.45, 7) is 6.40. The Bertz CT molecular complexity index is 931. The summed E-state index contributed by atoms with van der Waals surface area (Å²) in [4.78, 5) is 28.3. The van der Waals surface area contributed by atoms with Crippen LogP contribution in [0, 0.1) is 16.0 Å². The number of rotatable bonds is 5. The highest BCUT2D eigenvalue weighted by Gasteiger charge is 2.41. The molecule has 7 nitrogen and oxygen atoms in total. The molecular weight excluding hydrogens is 368 g/mol. The Kier molecular flexibility index (Phi) is 5.20. The lowest BCUT2D eigenvalue weighted by atomic mass is 9.83. The first-order valence-corrected chi connectivity index (χ1v) is 9.81. The Morgan fingerprint density at radius 2 is 2.03 bits per heavy atom. The van der Waals surface area contributed by atoms with E-state index in [0.29, 0.717) is 13.0 Å². The minimum absolute atomic E-state index is 0.00253. The quantitative estimate of drug-likeness (QED) is 0.481. The molecule has 29 heavy (non-hydrogen) atoms. The Balaban J connectivity index is 1.67. The number of piperazine rings is 1. The molecule has 4 rings (SSSR count). The molecule has 0 aliphatic carbocycles. The van der Waals surface area contributed by atoms with Crippen molar-refractivity contribution in [3.05, 3.63) is 76.9 Å². The summed E-state index contributed by atoms with van der Waals surface area (Å²) >= 11 is 0. The zero-order valence-corrected chi connectivity index (χ0v) is 16.2. The van der Waals surface area contributed by atoms with Gasteiger partial charge in [0.1, 0.15) is 0 Å². The van der Waals surface area contributed by atoms with E-state index in [0.717, 1.165) is 36.6 Å². The predicted octanol–water partition coefficient (Wildman–Crippen LogP) is 2.76. The molecule has 1 amide bonds. The van der Waals surface area contributed by atoms with Gasteiger partial charge in [0.05, 0.1) is 16.9 Å². The van der Waals surface area contributed by atoms with Gasteiger partial charge in [0.25, 0.3) is 5.69 Å². The third-order valence-corrected chi connectivity index (χ3v) is 5.78. The van der Waals surface area contributed by atoms with Gasteiger partial charge in [-0.15, -0.1) is 6.58 Å². The first-order chi connectivity index (χ1) is 14.1. The fraction of sp³-hybridized carbons (Fsp3) is 0.318. The zero-order valence-electron chi connectivity index (χ0n) is 16.2. The van der Waals surface area contributed by atoms with Gasteiger partial charge in [-0.3, -0.25) is 14.9 Å². The average Bonchev–Trinajstić information content (AvgIpc) is 2.76. The molecule has 1 N–H and O–H groups in total. The van der Waals surface area contributed by atoms with Gasteiger partial charge >= 0.3 is 0 Å². The summed E-state index contributed by atoms with van der Waals surface area (Å²) in [5.41, 5.74) is 3.07. The highest BCUT2D eigenvalue weighted by Crippen LogP contribution is 2.38.